The fraction of sp³-hybridized carbons (Fsp3) is 0.300. The van der Waals surface area contributed by atoms with Crippen LogP contribution in [0.5, 0.6) is 5.75 Å². The maximum Gasteiger partial charge on any atom is 0.329 e. The number of hydrogen-bond acceptors (Lipinski definition) is 4. The van der Waals surface area contributed by atoms with Gasteiger partial charge in [0.2, 0.25) is 0 Å². The minimum atomic E-state index is -3.40. The number of carbonyl (C=O) groups is 1. The van der Waals surface area contributed by atoms with Crippen molar-refractivity contribution >= 4 is 15.8 Å². The Morgan fingerprint density at radius 3 is 2.27 bits per heavy atom. The molecule has 0 heterocycles. The molecule has 0 fully saturated rings. The number of esters is 1. The summed E-state index contributed by atoms with van der Waals surface area (Å²) in [4.78, 5) is 11.4. The number of hydrogen-bond donors (Lipinski definition) is 0. The zero-order valence-corrected chi connectivity index (χ0v) is 9.32. The molecule has 1 aromatic rings. The number of benzene rings is 1. The van der Waals surface area contributed by atoms with Gasteiger partial charge < -0.3 is 4.74 Å². The maximum atomic E-state index is 11.4. The fourth-order valence-corrected chi connectivity index (χ4v) is 1.26. The van der Waals surface area contributed by atoms with Crippen LogP contribution in [0.25, 0.3) is 0 Å². The van der Waals surface area contributed by atoms with Gasteiger partial charge in [-0.3, -0.25) is 4.79 Å². The van der Waals surface area contributed by atoms with Crippen LogP contribution in [-0.4, -0.2) is 25.9 Å². The molecule has 82 valence electrons. The number of sulfone groups is 1. The van der Waals surface area contributed by atoms with Crippen molar-refractivity contribution in [1.29, 1.82) is 0 Å². The molecule has 0 aliphatic heterocycles. The zero-order valence-electron chi connectivity index (χ0n) is 8.51. The normalized spacial score (nSPS) is 13.2. The van der Waals surface area contributed by atoms with Gasteiger partial charge in [-0.2, -0.15) is 0 Å². The summed E-state index contributed by atoms with van der Waals surface area (Å²) >= 11 is 0. The highest BCUT2D eigenvalue weighted by Crippen LogP contribution is 2.11. The molecule has 1 rings (SSSR count). The topological polar surface area (TPSA) is 60.4 Å². The summed E-state index contributed by atoms with van der Waals surface area (Å²) in [6, 6.07) is 8.36. The van der Waals surface area contributed by atoms with E-state index in [9.17, 15) is 13.2 Å². The third-order valence-electron chi connectivity index (χ3n) is 1.94. The Kier molecular flexibility index (Phi) is 3.47. The molecule has 1 atom stereocenters. The first kappa shape index (κ1) is 11.7. The Bertz CT molecular complexity index is 436. The molecular formula is C10H12O4S. The van der Waals surface area contributed by atoms with Crippen LogP contribution in [0.3, 0.4) is 0 Å². The molecule has 0 bridgehead atoms. The summed E-state index contributed by atoms with van der Waals surface area (Å²) in [5.41, 5.74) is 0. The zero-order chi connectivity index (χ0) is 11.5. The van der Waals surface area contributed by atoms with E-state index in [0.717, 1.165) is 6.26 Å². The second-order valence-electron chi connectivity index (χ2n) is 3.21. The Morgan fingerprint density at radius 2 is 1.80 bits per heavy atom. The highest BCUT2D eigenvalue weighted by molar-refractivity contribution is 7.92. The molecular weight excluding hydrogens is 216 g/mol. The van der Waals surface area contributed by atoms with Gasteiger partial charge in [0.25, 0.3) is 0 Å². The predicted octanol–water partition coefficient (Wildman–Crippen LogP) is 1.03. The lowest BCUT2D eigenvalue weighted by molar-refractivity contribution is -0.133. The average molecular weight is 228 g/mol. The van der Waals surface area contributed by atoms with Crippen molar-refractivity contribution in [3.63, 3.8) is 0 Å². The van der Waals surface area contributed by atoms with Gasteiger partial charge >= 0.3 is 5.97 Å². The summed E-state index contributed by atoms with van der Waals surface area (Å²) in [5, 5.41) is -1.14. The van der Waals surface area contributed by atoms with Gasteiger partial charge in [0.1, 0.15) is 5.75 Å². The molecule has 0 saturated heterocycles. The summed E-state index contributed by atoms with van der Waals surface area (Å²) in [5.74, 6) is -0.415. The monoisotopic (exact) mass is 228 g/mol. The first-order valence-corrected chi connectivity index (χ1v) is 6.32. The molecule has 0 spiro atoms. The molecule has 0 aliphatic carbocycles. The minimum absolute atomic E-state index is 0.345. The van der Waals surface area contributed by atoms with Gasteiger partial charge in [-0.05, 0) is 19.1 Å². The lowest BCUT2D eigenvalue weighted by Crippen LogP contribution is -2.30. The van der Waals surface area contributed by atoms with Crippen molar-refractivity contribution in [2.24, 2.45) is 0 Å². The van der Waals surface area contributed by atoms with E-state index in [4.69, 9.17) is 4.74 Å². The second kappa shape index (κ2) is 4.44. The second-order valence-corrected chi connectivity index (χ2v) is 5.57. The van der Waals surface area contributed by atoms with E-state index in [-0.39, 0.29) is 0 Å². The molecule has 4 nitrogen and oxygen atoms in total. The van der Waals surface area contributed by atoms with Crippen LogP contribution in [0.2, 0.25) is 0 Å². The number of ether oxygens (including phenoxy) is 1. The van der Waals surface area contributed by atoms with Crippen LogP contribution in [0.4, 0.5) is 0 Å². The van der Waals surface area contributed by atoms with Crippen LogP contribution >= 0.6 is 0 Å². The first-order valence-electron chi connectivity index (χ1n) is 4.37. The van der Waals surface area contributed by atoms with E-state index in [0.29, 0.717) is 5.75 Å². The standard InChI is InChI=1S/C10H12O4S/c1-8(15(2,12)13)10(11)14-9-6-4-3-5-7-9/h3-8H,1-2H3. The van der Waals surface area contributed by atoms with Gasteiger partial charge in [0.05, 0.1) is 0 Å². The van der Waals surface area contributed by atoms with E-state index in [2.05, 4.69) is 0 Å². The van der Waals surface area contributed by atoms with E-state index in [1.165, 1.54) is 6.92 Å². The summed E-state index contributed by atoms with van der Waals surface area (Å²) in [6.45, 7) is 1.31. The van der Waals surface area contributed by atoms with Crippen molar-refractivity contribution in [1.82, 2.24) is 0 Å². The summed E-state index contributed by atoms with van der Waals surface area (Å²) in [6.07, 6.45) is 1.00. The molecule has 0 saturated carbocycles. The quantitative estimate of drug-likeness (QED) is 0.572. The van der Waals surface area contributed by atoms with Crippen LogP contribution in [0.1, 0.15) is 6.92 Å². The minimum Gasteiger partial charge on any atom is -0.426 e. The number of para-hydroxylation sites is 1. The average Bonchev–Trinajstić information content (AvgIpc) is 2.16. The van der Waals surface area contributed by atoms with Crippen molar-refractivity contribution in [2.45, 2.75) is 12.2 Å². The van der Waals surface area contributed by atoms with Crippen molar-refractivity contribution in [3.05, 3.63) is 30.3 Å². The predicted molar refractivity (Wildman–Crippen MR) is 56.4 cm³/mol. The van der Waals surface area contributed by atoms with Gasteiger partial charge in [0, 0.05) is 6.26 Å². The Balaban J connectivity index is 2.73. The molecule has 1 unspecified atom stereocenters. The third-order valence-corrected chi connectivity index (χ3v) is 3.41. The molecule has 0 radical (unpaired) electrons. The van der Waals surface area contributed by atoms with Crippen LogP contribution < -0.4 is 4.74 Å². The van der Waals surface area contributed by atoms with Crippen LogP contribution in [0.15, 0.2) is 30.3 Å². The summed E-state index contributed by atoms with van der Waals surface area (Å²) < 4.78 is 27.0. The van der Waals surface area contributed by atoms with Crippen molar-refractivity contribution in [3.8, 4) is 5.75 Å². The number of carbonyl (C=O) groups excluding carboxylic acids is 1. The van der Waals surface area contributed by atoms with E-state index < -0.39 is 21.1 Å². The Morgan fingerprint density at radius 1 is 1.27 bits per heavy atom. The van der Waals surface area contributed by atoms with Gasteiger partial charge in [0.15, 0.2) is 15.1 Å². The van der Waals surface area contributed by atoms with Crippen molar-refractivity contribution in [2.75, 3.05) is 6.26 Å². The molecule has 0 N–H and O–H groups in total. The first-order chi connectivity index (χ1) is 6.91. The maximum absolute atomic E-state index is 11.4. The van der Waals surface area contributed by atoms with Crippen LogP contribution in [0, 0.1) is 0 Å². The SMILES string of the molecule is CC(C(=O)Oc1ccccc1)S(C)(=O)=O. The lowest BCUT2D eigenvalue weighted by atomic mass is 10.3. The van der Waals surface area contributed by atoms with E-state index >= 15 is 0 Å². The van der Waals surface area contributed by atoms with Crippen molar-refractivity contribution < 1.29 is 17.9 Å². The molecule has 0 aromatic heterocycles. The highest BCUT2D eigenvalue weighted by atomic mass is 32.2. The van der Waals surface area contributed by atoms with Gasteiger partial charge in [-0.25, -0.2) is 8.42 Å². The Hall–Kier alpha value is -1.36. The molecule has 15 heavy (non-hydrogen) atoms. The molecule has 1 aromatic carbocycles. The fourth-order valence-electron chi connectivity index (χ4n) is 0.862. The van der Waals surface area contributed by atoms with E-state index in [1.54, 1.807) is 30.3 Å². The molecule has 0 amide bonds. The van der Waals surface area contributed by atoms with Gasteiger partial charge in [-0.15, -0.1) is 0 Å². The molecule has 0 aliphatic rings. The Labute approximate surface area is 88.8 Å². The number of rotatable bonds is 3. The largest absolute Gasteiger partial charge is 0.426 e. The van der Waals surface area contributed by atoms with Crippen LogP contribution in [-0.2, 0) is 14.6 Å². The van der Waals surface area contributed by atoms with E-state index in [1.807, 2.05) is 0 Å². The van der Waals surface area contributed by atoms with Gasteiger partial charge in [-0.1, -0.05) is 18.2 Å². The lowest BCUT2D eigenvalue weighted by Gasteiger charge is -2.08. The third kappa shape index (κ3) is 3.36. The smallest absolute Gasteiger partial charge is 0.329 e. The summed E-state index contributed by atoms with van der Waals surface area (Å²) in [7, 11) is -3.40. The highest BCUT2D eigenvalue weighted by Gasteiger charge is 2.25. The molecule has 5 heteroatoms.